The Morgan fingerprint density at radius 3 is 2.47 bits per heavy atom. The summed E-state index contributed by atoms with van der Waals surface area (Å²) < 4.78 is 38.9. The van der Waals surface area contributed by atoms with E-state index in [4.69, 9.17) is 25.5 Å². The summed E-state index contributed by atoms with van der Waals surface area (Å²) >= 11 is 0. The number of carboxylic acids is 2. The topological polar surface area (TPSA) is 217 Å². The summed E-state index contributed by atoms with van der Waals surface area (Å²) in [5.74, 6) is -3.17. The van der Waals surface area contributed by atoms with Crippen LogP contribution in [0.3, 0.4) is 0 Å². The molecule has 1 saturated heterocycles. The van der Waals surface area contributed by atoms with E-state index in [0.29, 0.717) is 22.7 Å². The van der Waals surface area contributed by atoms with Crippen molar-refractivity contribution in [1.29, 1.82) is 0 Å². The van der Waals surface area contributed by atoms with Gasteiger partial charge in [-0.2, -0.15) is 13.2 Å². The second-order valence-electron chi connectivity index (χ2n) is 7.21. The Balaban J connectivity index is 0.000000509. The zero-order valence-corrected chi connectivity index (χ0v) is 18.3. The highest BCUT2D eigenvalue weighted by molar-refractivity contribution is 7.96. The fourth-order valence-electron chi connectivity index (χ4n) is 2.95. The van der Waals surface area contributed by atoms with Crippen LogP contribution in [0.5, 0.6) is 0 Å². The molecule has 0 amide bonds. The molecule has 2 aromatic heterocycles. The zero-order valence-electron chi connectivity index (χ0n) is 17.5. The molecule has 1 aliphatic heterocycles. The van der Waals surface area contributed by atoms with Crippen molar-refractivity contribution in [2.75, 3.05) is 23.5 Å². The highest BCUT2D eigenvalue weighted by Gasteiger charge is 2.46. The maximum atomic E-state index is 10.7. The minimum atomic E-state index is -5.19. The average molecular weight is 513 g/mol. The van der Waals surface area contributed by atoms with Crippen LogP contribution >= 0.6 is 0 Å². The van der Waals surface area contributed by atoms with Crippen LogP contribution in [-0.4, -0.2) is 100 Å². The van der Waals surface area contributed by atoms with Gasteiger partial charge in [-0.25, -0.2) is 19.7 Å². The summed E-state index contributed by atoms with van der Waals surface area (Å²) in [5.41, 5.74) is 6.53. The monoisotopic (exact) mass is 513 g/mol. The molecule has 190 valence electrons. The molecule has 2 unspecified atom stereocenters. The van der Waals surface area contributed by atoms with Gasteiger partial charge in [-0.05, 0) is 10.9 Å². The quantitative estimate of drug-likeness (QED) is 0.241. The first-order valence-electron chi connectivity index (χ1n) is 9.46. The van der Waals surface area contributed by atoms with E-state index < -0.39 is 48.8 Å². The first kappa shape index (κ1) is 27.5. The molecule has 6 atom stereocenters. The molecule has 0 bridgehead atoms. The number of imidazole rings is 1. The van der Waals surface area contributed by atoms with Gasteiger partial charge in [0.1, 0.15) is 47.6 Å². The van der Waals surface area contributed by atoms with Crippen LogP contribution in [-0.2, 0) is 25.2 Å². The average Bonchev–Trinajstić information content (AvgIpc) is 3.29. The summed E-state index contributed by atoms with van der Waals surface area (Å²) in [6.07, 6.45) is -5.72. The Hall–Kier alpha value is -2.73. The lowest BCUT2D eigenvalue weighted by Gasteiger charge is -2.16. The number of nitrogens with two attached hydrogens (primary N) is 1. The van der Waals surface area contributed by atoms with Gasteiger partial charge in [-0.1, -0.05) is 0 Å². The van der Waals surface area contributed by atoms with Crippen molar-refractivity contribution in [2.24, 2.45) is 0 Å². The molecule has 6 N–H and O–H groups in total. The fraction of sp³-hybridized carbons (Fsp3) is 0.588. The van der Waals surface area contributed by atoms with Gasteiger partial charge in [0, 0.05) is 6.42 Å². The summed E-state index contributed by atoms with van der Waals surface area (Å²) in [7, 11) is -0.315. The lowest BCUT2D eigenvalue weighted by Crippen LogP contribution is -2.37. The SMILES string of the molecule is C[S+](CCC(O)C(=O)O)C[C@H]1O[C@@H](n2cnc3c(N)ncnc32)[C@H](O)[C@@H]1O.O=C([O-])C(F)(F)F. The van der Waals surface area contributed by atoms with Gasteiger partial charge >= 0.3 is 12.1 Å². The van der Waals surface area contributed by atoms with Crippen molar-refractivity contribution in [3.05, 3.63) is 12.7 Å². The van der Waals surface area contributed by atoms with Crippen molar-refractivity contribution in [2.45, 2.75) is 43.2 Å². The van der Waals surface area contributed by atoms with Gasteiger partial charge in [-0.3, -0.25) is 4.57 Å². The molecule has 3 rings (SSSR count). The minimum Gasteiger partial charge on any atom is -0.542 e. The van der Waals surface area contributed by atoms with E-state index in [2.05, 4.69) is 15.0 Å². The largest absolute Gasteiger partial charge is 0.542 e. The number of fused-ring (bicyclic) bond motifs is 1. The number of hydrogen-bond acceptors (Lipinski definition) is 11. The third-order valence-electron chi connectivity index (χ3n) is 4.70. The number of carboxylic acid groups (broad SMARTS) is 2. The first-order chi connectivity index (χ1) is 15.7. The van der Waals surface area contributed by atoms with E-state index in [9.17, 15) is 33.3 Å². The van der Waals surface area contributed by atoms with Gasteiger partial charge in [0.15, 0.2) is 23.8 Å². The number of halogens is 3. The summed E-state index contributed by atoms with van der Waals surface area (Å²) in [5, 5.41) is 47.7. The fourth-order valence-corrected chi connectivity index (χ4v) is 4.58. The molecule has 13 nitrogen and oxygen atoms in total. The number of aromatic nitrogens is 4. The Morgan fingerprint density at radius 2 is 1.91 bits per heavy atom. The number of nitrogens with zero attached hydrogens (tertiary/aromatic N) is 4. The number of carbonyl (C=O) groups is 2. The lowest BCUT2D eigenvalue weighted by molar-refractivity contribution is -0.344. The van der Waals surface area contributed by atoms with Crippen molar-refractivity contribution < 1.29 is 53.0 Å². The zero-order chi connectivity index (χ0) is 25.8. The number of aliphatic hydroxyl groups excluding tert-OH is 3. The number of carbonyl (C=O) groups excluding carboxylic acids is 1. The van der Waals surface area contributed by atoms with Crippen LogP contribution in [0, 0.1) is 0 Å². The number of hydrogen-bond donors (Lipinski definition) is 5. The molecule has 34 heavy (non-hydrogen) atoms. The maximum Gasteiger partial charge on any atom is 0.430 e. The molecule has 0 aromatic carbocycles. The van der Waals surface area contributed by atoms with E-state index >= 15 is 0 Å². The van der Waals surface area contributed by atoms with Gasteiger partial charge in [-0.15, -0.1) is 0 Å². The van der Waals surface area contributed by atoms with Crippen LogP contribution in [0.1, 0.15) is 12.6 Å². The molecule has 0 saturated carbocycles. The number of aliphatic hydroxyl groups is 3. The van der Waals surface area contributed by atoms with Crippen LogP contribution in [0.2, 0.25) is 0 Å². The highest BCUT2D eigenvalue weighted by atomic mass is 32.2. The Bertz CT molecular complexity index is 1010. The predicted molar refractivity (Wildman–Crippen MR) is 108 cm³/mol. The van der Waals surface area contributed by atoms with E-state index in [1.807, 2.05) is 6.26 Å². The molecule has 17 heteroatoms. The number of anilines is 1. The van der Waals surface area contributed by atoms with Crippen molar-refractivity contribution in [3.63, 3.8) is 0 Å². The van der Waals surface area contributed by atoms with Crippen molar-refractivity contribution in [3.8, 4) is 0 Å². The number of rotatable bonds is 7. The second kappa shape index (κ2) is 11.1. The van der Waals surface area contributed by atoms with Crippen molar-refractivity contribution >= 4 is 39.8 Å². The molecule has 3 heterocycles. The van der Waals surface area contributed by atoms with Crippen LogP contribution in [0.4, 0.5) is 19.0 Å². The predicted octanol–water partition coefficient (Wildman–Crippen LogP) is -2.59. The second-order valence-corrected chi connectivity index (χ2v) is 9.51. The molecule has 0 aliphatic carbocycles. The normalized spacial score (nSPS) is 24.3. The summed E-state index contributed by atoms with van der Waals surface area (Å²) in [6, 6.07) is 0. The Morgan fingerprint density at radius 1 is 1.29 bits per heavy atom. The van der Waals surface area contributed by atoms with Crippen LogP contribution < -0.4 is 10.8 Å². The smallest absolute Gasteiger partial charge is 0.430 e. The van der Waals surface area contributed by atoms with E-state index in [-0.39, 0.29) is 23.1 Å². The van der Waals surface area contributed by atoms with Crippen LogP contribution in [0.25, 0.3) is 11.2 Å². The van der Waals surface area contributed by atoms with Gasteiger partial charge in [0.2, 0.25) is 0 Å². The summed E-state index contributed by atoms with van der Waals surface area (Å²) in [4.78, 5) is 31.6. The molecular weight excluding hydrogens is 491 g/mol. The molecule has 0 radical (unpaired) electrons. The van der Waals surface area contributed by atoms with Crippen molar-refractivity contribution in [1.82, 2.24) is 19.5 Å². The van der Waals surface area contributed by atoms with E-state index in [1.54, 1.807) is 0 Å². The van der Waals surface area contributed by atoms with Gasteiger partial charge < -0.3 is 40.8 Å². The molecule has 0 spiro atoms. The van der Waals surface area contributed by atoms with E-state index in [0.717, 1.165) is 0 Å². The number of nitrogen functional groups attached to an aromatic ring is 1. The molecule has 1 aliphatic rings. The first-order valence-corrected chi connectivity index (χ1v) is 11.4. The number of aliphatic carboxylic acids is 2. The summed E-state index contributed by atoms with van der Waals surface area (Å²) in [6.45, 7) is 0. The molecule has 1 fully saturated rings. The lowest BCUT2D eigenvalue weighted by atomic mass is 10.1. The van der Waals surface area contributed by atoms with Gasteiger partial charge in [0.25, 0.3) is 0 Å². The number of ether oxygens (including phenoxy) is 1. The molecular formula is C17H22F3N5O8S. The van der Waals surface area contributed by atoms with E-state index in [1.165, 1.54) is 17.2 Å². The highest BCUT2D eigenvalue weighted by Crippen LogP contribution is 2.32. The Kier molecular flexibility index (Phi) is 9.01. The Labute approximate surface area is 192 Å². The third-order valence-corrected chi connectivity index (χ3v) is 6.53. The van der Waals surface area contributed by atoms with Gasteiger partial charge in [0.05, 0.1) is 12.6 Å². The standard InChI is InChI=1S/C15H21N5O6S.C2HF3O2/c1-27(3-2-7(21)15(24)25)4-8-10(22)11(23)14(26-8)20-6-19-9-12(16)17-5-18-13(9)20;3-2(4,5)1(6)7/h5-8,10-11,14,21-23H,2-4H2,1H3,(H2-,16,17,18,24,25);(H,6,7)/t7?,8-,10-,11-,14-,27?;/m1./s1. The maximum absolute atomic E-state index is 10.7. The number of alkyl halides is 3. The molecule has 2 aromatic rings. The van der Waals surface area contributed by atoms with Crippen LogP contribution in [0.15, 0.2) is 12.7 Å². The third kappa shape index (κ3) is 6.66. The minimum absolute atomic E-state index is 0.117.